The molecule has 108 valence electrons. The molecular weight excluding hydrogens is 268 g/mol. The molecule has 1 heteroatoms. The van der Waals surface area contributed by atoms with Crippen LogP contribution < -0.4 is 0 Å². The van der Waals surface area contributed by atoms with Gasteiger partial charge in [-0.15, -0.1) is 0 Å². The SMILES string of the molecule is CC(C)(c1ccccc1)c1ccc2c(c1)oc1ccccc12. The molecule has 0 amide bonds. The van der Waals surface area contributed by atoms with Crippen LogP contribution in [0.5, 0.6) is 0 Å². The van der Waals surface area contributed by atoms with Crippen molar-refractivity contribution in [1.82, 2.24) is 0 Å². The zero-order chi connectivity index (χ0) is 15.2. The first kappa shape index (κ1) is 13.1. The van der Waals surface area contributed by atoms with E-state index < -0.39 is 0 Å². The molecule has 0 spiro atoms. The second-order valence-electron chi connectivity index (χ2n) is 6.30. The molecule has 0 fully saturated rings. The fraction of sp³-hybridized carbons (Fsp3) is 0.143. The average Bonchev–Trinajstić information content (AvgIpc) is 2.93. The summed E-state index contributed by atoms with van der Waals surface area (Å²) >= 11 is 0. The molecule has 0 bridgehead atoms. The van der Waals surface area contributed by atoms with Gasteiger partial charge in [0, 0.05) is 16.2 Å². The van der Waals surface area contributed by atoms with Crippen LogP contribution >= 0.6 is 0 Å². The third-order valence-electron chi connectivity index (χ3n) is 4.60. The molecule has 0 radical (unpaired) electrons. The van der Waals surface area contributed by atoms with E-state index in [1.165, 1.54) is 21.9 Å². The number of rotatable bonds is 2. The van der Waals surface area contributed by atoms with Crippen molar-refractivity contribution in [1.29, 1.82) is 0 Å². The summed E-state index contributed by atoms with van der Waals surface area (Å²) in [7, 11) is 0. The number of hydrogen-bond donors (Lipinski definition) is 0. The van der Waals surface area contributed by atoms with Crippen LogP contribution in [0.2, 0.25) is 0 Å². The molecule has 0 atom stereocenters. The Bertz CT molecular complexity index is 945. The lowest BCUT2D eigenvalue weighted by molar-refractivity contribution is 0.633. The van der Waals surface area contributed by atoms with Gasteiger partial charge in [0.05, 0.1) is 0 Å². The third-order valence-corrected chi connectivity index (χ3v) is 4.60. The summed E-state index contributed by atoms with van der Waals surface area (Å²) in [6, 6.07) is 25.4. The molecule has 0 unspecified atom stereocenters. The van der Waals surface area contributed by atoms with Crippen LogP contribution in [-0.4, -0.2) is 0 Å². The van der Waals surface area contributed by atoms with Gasteiger partial charge in [0.1, 0.15) is 11.2 Å². The monoisotopic (exact) mass is 286 g/mol. The Balaban J connectivity index is 1.91. The van der Waals surface area contributed by atoms with Gasteiger partial charge >= 0.3 is 0 Å². The Morgan fingerprint density at radius 2 is 1.32 bits per heavy atom. The van der Waals surface area contributed by atoms with Crippen LogP contribution in [0, 0.1) is 0 Å². The van der Waals surface area contributed by atoms with E-state index in [4.69, 9.17) is 4.42 Å². The number of furan rings is 1. The summed E-state index contributed by atoms with van der Waals surface area (Å²) < 4.78 is 6.02. The number of hydrogen-bond acceptors (Lipinski definition) is 1. The van der Waals surface area contributed by atoms with Crippen LogP contribution in [0.25, 0.3) is 21.9 Å². The molecule has 1 heterocycles. The smallest absolute Gasteiger partial charge is 0.135 e. The number of fused-ring (bicyclic) bond motifs is 3. The molecule has 0 saturated heterocycles. The first-order chi connectivity index (χ1) is 10.7. The van der Waals surface area contributed by atoms with Crippen molar-refractivity contribution in [3.8, 4) is 0 Å². The highest BCUT2D eigenvalue weighted by Gasteiger charge is 2.23. The second-order valence-corrected chi connectivity index (χ2v) is 6.30. The quantitative estimate of drug-likeness (QED) is 0.446. The van der Waals surface area contributed by atoms with Crippen LogP contribution in [0.15, 0.2) is 77.2 Å². The van der Waals surface area contributed by atoms with Crippen molar-refractivity contribution in [3.63, 3.8) is 0 Å². The maximum absolute atomic E-state index is 6.02. The molecule has 0 saturated carbocycles. The Morgan fingerprint density at radius 3 is 2.14 bits per heavy atom. The first-order valence-corrected chi connectivity index (χ1v) is 7.63. The highest BCUT2D eigenvalue weighted by molar-refractivity contribution is 6.04. The van der Waals surface area contributed by atoms with E-state index in [2.05, 4.69) is 74.5 Å². The highest BCUT2D eigenvalue weighted by Crippen LogP contribution is 2.35. The minimum absolute atomic E-state index is 0.0472. The largest absolute Gasteiger partial charge is 0.456 e. The lowest BCUT2D eigenvalue weighted by atomic mass is 9.78. The minimum Gasteiger partial charge on any atom is -0.456 e. The Kier molecular flexibility index (Phi) is 2.83. The molecule has 0 aliphatic carbocycles. The standard InChI is InChI=1S/C21H18O/c1-21(2,15-8-4-3-5-9-15)16-12-13-18-17-10-6-7-11-19(17)22-20(18)14-16/h3-14H,1-2H3. The lowest BCUT2D eigenvalue weighted by Crippen LogP contribution is -2.18. The van der Waals surface area contributed by atoms with Crippen LogP contribution in [0.1, 0.15) is 25.0 Å². The van der Waals surface area contributed by atoms with Gasteiger partial charge in [-0.25, -0.2) is 0 Å². The molecule has 0 aliphatic heterocycles. The van der Waals surface area contributed by atoms with E-state index in [1.54, 1.807) is 0 Å². The van der Waals surface area contributed by atoms with E-state index in [1.807, 2.05) is 12.1 Å². The molecule has 4 rings (SSSR count). The molecule has 22 heavy (non-hydrogen) atoms. The van der Waals surface area contributed by atoms with Crippen molar-refractivity contribution in [2.75, 3.05) is 0 Å². The zero-order valence-electron chi connectivity index (χ0n) is 12.8. The fourth-order valence-corrected chi connectivity index (χ4v) is 3.14. The van der Waals surface area contributed by atoms with Crippen molar-refractivity contribution in [2.24, 2.45) is 0 Å². The van der Waals surface area contributed by atoms with Crippen molar-refractivity contribution >= 4 is 21.9 Å². The van der Waals surface area contributed by atoms with E-state index in [-0.39, 0.29) is 5.41 Å². The zero-order valence-corrected chi connectivity index (χ0v) is 12.8. The van der Waals surface area contributed by atoms with Crippen LogP contribution in [-0.2, 0) is 5.41 Å². The molecular formula is C21H18O. The summed E-state index contributed by atoms with van der Waals surface area (Å²) in [6.07, 6.45) is 0. The normalized spacial score (nSPS) is 12.1. The van der Waals surface area contributed by atoms with Crippen molar-refractivity contribution in [2.45, 2.75) is 19.3 Å². The van der Waals surface area contributed by atoms with Gasteiger partial charge in [-0.3, -0.25) is 0 Å². The first-order valence-electron chi connectivity index (χ1n) is 7.63. The van der Waals surface area contributed by atoms with Gasteiger partial charge in [-0.2, -0.15) is 0 Å². The topological polar surface area (TPSA) is 13.1 Å². The molecule has 3 aromatic carbocycles. The Labute approximate surface area is 130 Å². The van der Waals surface area contributed by atoms with E-state index in [0.29, 0.717) is 0 Å². The minimum atomic E-state index is -0.0472. The van der Waals surface area contributed by atoms with Gasteiger partial charge in [-0.1, -0.05) is 74.5 Å². The fourth-order valence-electron chi connectivity index (χ4n) is 3.14. The van der Waals surface area contributed by atoms with Crippen molar-refractivity contribution < 1.29 is 4.42 Å². The van der Waals surface area contributed by atoms with Gasteiger partial charge in [0.15, 0.2) is 0 Å². The number of benzene rings is 3. The van der Waals surface area contributed by atoms with Crippen molar-refractivity contribution in [3.05, 3.63) is 83.9 Å². The summed E-state index contributed by atoms with van der Waals surface area (Å²) in [5.74, 6) is 0. The van der Waals surface area contributed by atoms with E-state index >= 15 is 0 Å². The molecule has 0 N–H and O–H groups in total. The Hall–Kier alpha value is -2.54. The maximum Gasteiger partial charge on any atom is 0.135 e. The Morgan fingerprint density at radius 1 is 0.636 bits per heavy atom. The maximum atomic E-state index is 6.02. The summed E-state index contributed by atoms with van der Waals surface area (Å²) in [5, 5.41) is 2.37. The van der Waals surface area contributed by atoms with Gasteiger partial charge in [0.2, 0.25) is 0 Å². The van der Waals surface area contributed by atoms with E-state index in [9.17, 15) is 0 Å². The molecule has 0 aliphatic rings. The molecule has 1 aromatic heterocycles. The second kappa shape index (κ2) is 4.74. The predicted molar refractivity (Wildman–Crippen MR) is 92.3 cm³/mol. The van der Waals surface area contributed by atoms with Crippen LogP contribution in [0.3, 0.4) is 0 Å². The van der Waals surface area contributed by atoms with Gasteiger partial charge in [0.25, 0.3) is 0 Å². The third kappa shape index (κ3) is 1.93. The van der Waals surface area contributed by atoms with Gasteiger partial charge in [-0.05, 0) is 23.3 Å². The lowest BCUT2D eigenvalue weighted by Gasteiger charge is -2.26. The highest BCUT2D eigenvalue weighted by atomic mass is 16.3. The van der Waals surface area contributed by atoms with Crippen LogP contribution in [0.4, 0.5) is 0 Å². The molecule has 1 nitrogen and oxygen atoms in total. The summed E-state index contributed by atoms with van der Waals surface area (Å²) in [4.78, 5) is 0. The average molecular weight is 286 g/mol. The predicted octanol–water partition coefficient (Wildman–Crippen LogP) is 5.91. The van der Waals surface area contributed by atoms with E-state index in [0.717, 1.165) is 11.2 Å². The summed E-state index contributed by atoms with van der Waals surface area (Å²) in [6.45, 7) is 4.51. The molecule has 4 aromatic rings. The number of para-hydroxylation sites is 1. The summed E-state index contributed by atoms with van der Waals surface area (Å²) in [5.41, 5.74) is 4.44. The van der Waals surface area contributed by atoms with Gasteiger partial charge < -0.3 is 4.42 Å².